The second-order valence-corrected chi connectivity index (χ2v) is 7.06. The Labute approximate surface area is 146 Å². The normalized spacial score (nSPS) is 21.2. The van der Waals surface area contributed by atoms with Crippen molar-refractivity contribution in [3.8, 4) is 0 Å². The van der Waals surface area contributed by atoms with E-state index in [0.29, 0.717) is 17.7 Å². The summed E-state index contributed by atoms with van der Waals surface area (Å²) in [6.45, 7) is 5.65. The van der Waals surface area contributed by atoms with Crippen LogP contribution in [0.5, 0.6) is 0 Å². The molecule has 3 rings (SSSR count). The van der Waals surface area contributed by atoms with E-state index in [2.05, 4.69) is 10.3 Å². The zero-order chi connectivity index (χ0) is 18.2. The van der Waals surface area contributed by atoms with Gasteiger partial charge in [-0.2, -0.15) is 0 Å². The third-order valence-electron chi connectivity index (χ3n) is 5.32. The largest absolute Gasteiger partial charge is 0.322 e. The molecular weight excluding hydrogens is 322 g/mol. The molecule has 1 aliphatic rings. The van der Waals surface area contributed by atoms with Gasteiger partial charge in [-0.25, -0.2) is 8.78 Å². The van der Waals surface area contributed by atoms with E-state index in [4.69, 9.17) is 0 Å². The number of amides is 1. The SMILES string of the molecule is CC[C@H]1c2c(NC(=O)c3cccnc3)cccc2C(C)(C)C1C(F)F. The molecule has 0 spiro atoms. The van der Waals surface area contributed by atoms with Gasteiger partial charge < -0.3 is 5.32 Å². The number of carbonyl (C=O) groups is 1. The molecule has 1 heterocycles. The lowest BCUT2D eigenvalue weighted by Gasteiger charge is -2.30. The van der Waals surface area contributed by atoms with E-state index < -0.39 is 17.8 Å². The number of carbonyl (C=O) groups excluding carboxylic acids is 1. The summed E-state index contributed by atoms with van der Waals surface area (Å²) in [6.07, 6.45) is 1.28. The van der Waals surface area contributed by atoms with Crippen LogP contribution in [0.4, 0.5) is 14.5 Å². The highest BCUT2D eigenvalue weighted by molar-refractivity contribution is 6.04. The Morgan fingerprint density at radius 3 is 2.64 bits per heavy atom. The minimum absolute atomic E-state index is 0.282. The first kappa shape index (κ1) is 17.5. The first-order chi connectivity index (χ1) is 11.9. The summed E-state index contributed by atoms with van der Waals surface area (Å²) < 4.78 is 27.6. The topological polar surface area (TPSA) is 42.0 Å². The first-order valence-corrected chi connectivity index (χ1v) is 8.50. The molecule has 0 radical (unpaired) electrons. The number of nitrogens with zero attached hydrogens (tertiary/aromatic N) is 1. The molecular formula is C20H22F2N2O. The third-order valence-corrected chi connectivity index (χ3v) is 5.32. The molecule has 0 fully saturated rings. The van der Waals surface area contributed by atoms with Crippen LogP contribution in [0.1, 0.15) is 54.6 Å². The van der Waals surface area contributed by atoms with Gasteiger partial charge in [-0.05, 0) is 47.1 Å². The molecule has 25 heavy (non-hydrogen) atoms. The predicted octanol–water partition coefficient (Wildman–Crippen LogP) is 5.00. The Hall–Kier alpha value is -2.30. The smallest absolute Gasteiger partial charge is 0.257 e. The zero-order valence-electron chi connectivity index (χ0n) is 14.6. The minimum Gasteiger partial charge on any atom is -0.322 e. The molecule has 0 saturated carbocycles. The Bertz CT molecular complexity index is 775. The molecule has 0 saturated heterocycles. The molecule has 1 aromatic carbocycles. The summed E-state index contributed by atoms with van der Waals surface area (Å²) in [5, 5.41) is 2.90. The van der Waals surface area contributed by atoms with E-state index in [1.165, 1.54) is 6.20 Å². The molecule has 3 nitrogen and oxygen atoms in total. The number of pyridine rings is 1. The van der Waals surface area contributed by atoms with Crippen LogP contribution in [-0.4, -0.2) is 17.3 Å². The van der Waals surface area contributed by atoms with Crippen molar-refractivity contribution in [1.82, 2.24) is 4.98 Å². The van der Waals surface area contributed by atoms with Gasteiger partial charge in [0, 0.05) is 24.0 Å². The summed E-state index contributed by atoms with van der Waals surface area (Å²) in [4.78, 5) is 16.4. The lowest BCUT2D eigenvalue weighted by Crippen LogP contribution is -2.31. The number of anilines is 1. The second kappa shape index (κ2) is 6.54. The van der Waals surface area contributed by atoms with Crippen LogP contribution in [0.3, 0.4) is 0 Å². The van der Waals surface area contributed by atoms with Gasteiger partial charge >= 0.3 is 0 Å². The molecule has 0 bridgehead atoms. The number of rotatable bonds is 4. The van der Waals surface area contributed by atoms with E-state index >= 15 is 0 Å². The highest BCUT2D eigenvalue weighted by Crippen LogP contribution is 2.56. The molecule has 5 heteroatoms. The molecule has 1 amide bonds. The van der Waals surface area contributed by atoms with E-state index in [1.807, 2.05) is 32.9 Å². The van der Waals surface area contributed by atoms with Crippen LogP contribution in [0.2, 0.25) is 0 Å². The molecule has 2 atom stereocenters. The number of aromatic nitrogens is 1. The number of fused-ring (bicyclic) bond motifs is 1. The molecule has 0 aliphatic heterocycles. The van der Waals surface area contributed by atoms with Crippen LogP contribution in [-0.2, 0) is 5.41 Å². The maximum absolute atomic E-state index is 13.8. The Morgan fingerprint density at radius 1 is 1.28 bits per heavy atom. The lowest BCUT2D eigenvalue weighted by molar-refractivity contribution is 0.0317. The number of nitrogens with one attached hydrogen (secondary N) is 1. The standard InChI is InChI=1S/C20H22F2N2O/c1-4-13-16-14(20(2,3)17(13)18(21)22)8-5-9-15(16)24-19(25)12-7-6-10-23-11-12/h5-11,13,17-18H,4H2,1-3H3,(H,24,25)/t13-,17?/m0/s1. The maximum Gasteiger partial charge on any atom is 0.257 e. The highest BCUT2D eigenvalue weighted by Gasteiger charge is 2.50. The first-order valence-electron chi connectivity index (χ1n) is 8.50. The van der Waals surface area contributed by atoms with Gasteiger partial charge in [0.1, 0.15) is 0 Å². The van der Waals surface area contributed by atoms with Gasteiger partial charge in [0.2, 0.25) is 6.43 Å². The van der Waals surface area contributed by atoms with Crippen molar-refractivity contribution in [1.29, 1.82) is 0 Å². The van der Waals surface area contributed by atoms with Crippen LogP contribution in [0.15, 0.2) is 42.7 Å². The molecule has 1 aromatic heterocycles. The molecule has 132 valence electrons. The van der Waals surface area contributed by atoms with Crippen molar-refractivity contribution < 1.29 is 13.6 Å². The average molecular weight is 344 g/mol. The summed E-state index contributed by atoms with van der Waals surface area (Å²) in [5.74, 6) is -1.33. The highest BCUT2D eigenvalue weighted by atomic mass is 19.3. The monoisotopic (exact) mass is 344 g/mol. The molecule has 1 aliphatic carbocycles. The van der Waals surface area contributed by atoms with Crippen LogP contribution >= 0.6 is 0 Å². The van der Waals surface area contributed by atoms with Gasteiger partial charge in [0.15, 0.2) is 0 Å². The van der Waals surface area contributed by atoms with Gasteiger partial charge in [-0.15, -0.1) is 0 Å². The second-order valence-electron chi connectivity index (χ2n) is 7.06. The average Bonchev–Trinajstić information content (AvgIpc) is 2.83. The van der Waals surface area contributed by atoms with Crippen molar-refractivity contribution in [3.05, 3.63) is 59.4 Å². The quantitative estimate of drug-likeness (QED) is 0.848. The van der Waals surface area contributed by atoms with Crippen molar-refractivity contribution in [2.75, 3.05) is 5.32 Å². The van der Waals surface area contributed by atoms with Crippen molar-refractivity contribution in [2.24, 2.45) is 5.92 Å². The lowest BCUT2D eigenvalue weighted by atomic mass is 9.75. The Kier molecular flexibility index (Phi) is 4.58. The Balaban J connectivity index is 2.03. The zero-order valence-corrected chi connectivity index (χ0v) is 14.6. The predicted molar refractivity (Wildman–Crippen MR) is 94.2 cm³/mol. The van der Waals surface area contributed by atoms with Crippen LogP contribution in [0, 0.1) is 5.92 Å². The Morgan fingerprint density at radius 2 is 2.04 bits per heavy atom. The molecule has 1 unspecified atom stereocenters. The summed E-state index contributed by atoms with van der Waals surface area (Å²) >= 11 is 0. The fraction of sp³-hybridized carbons (Fsp3) is 0.400. The van der Waals surface area contributed by atoms with E-state index in [9.17, 15) is 13.6 Å². The number of hydrogen-bond acceptors (Lipinski definition) is 2. The van der Waals surface area contributed by atoms with Gasteiger partial charge in [0.25, 0.3) is 5.91 Å². The van der Waals surface area contributed by atoms with Gasteiger partial charge in [0.05, 0.1) is 5.56 Å². The fourth-order valence-corrected chi connectivity index (χ4v) is 4.14. The summed E-state index contributed by atoms with van der Waals surface area (Å²) in [6, 6.07) is 8.88. The number of hydrogen-bond donors (Lipinski definition) is 1. The molecule has 2 aromatic rings. The third kappa shape index (κ3) is 2.92. The van der Waals surface area contributed by atoms with Crippen molar-refractivity contribution in [3.63, 3.8) is 0 Å². The number of alkyl halides is 2. The maximum atomic E-state index is 13.8. The number of benzene rings is 1. The van der Waals surface area contributed by atoms with Crippen molar-refractivity contribution >= 4 is 11.6 Å². The number of halogens is 2. The minimum atomic E-state index is -2.41. The van der Waals surface area contributed by atoms with E-state index in [0.717, 1.165) is 11.1 Å². The fourth-order valence-electron chi connectivity index (χ4n) is 4.14. The van der Waals surface area contributed by atoms with Gasteiger partial charge in [-0.1, -0.05) is 32.9 Å². The van der Waals surface area contributed by atoms with Crippen molar-refractivity contribution in [2.45, 2.75) is 45.0 Å². The van der Waals surface area contributed by atoms with E-state index in [-0.39, 0.29) is 11.8 Å². The van der Waals surface area contributed by atoms with Gasteiger partial charge in [-0.3, -0.25) is 9.78 Å². The van der Waals surface area contributed by atoms with E-state index in [1.54, 1.807) is 24.4 Å². The summed E-state index contributed by atoms with van der Waals surface area (Å²) in [5.41, 5.74) is 2.16. The van der Waals surface area contributed by atoms with Crippen LogP contribution in [0.25, 0.3) is 0 Å². The van der Waals surface area contributed by atoms with Crippen LogP contribution < -0.4 is 5.32 Å². The molecule has 1 N–H and O–H groups in total. The summed E-state index contributed by atoms with van der Waals surface area (Å²) in [7, 11) is 0.